The van der Waals surface area contributed by atoms with Gasteiger partial charge < -0.3 is 9.64 Å². The van der Waals surface area contributed by atoms with E-state index >= 15 is 0 Å². The number of hydrogen-bond donors (Lipinski definition) is 0. The molecule has 1 fully saturated rings. The summed E-state index contributed by atoms with van der Waals surface area (Å²) in [5, 5.41) is 12.4. The van der Waals surface area contributed by atoms with Crippen LogP contribution < -0.4 is 9.64 Å². The van der Waals surface area contributed by atoms with Gasteiger partial charge in [0.15, 0.2) is 0 Å². The predicted molar refractivity (Wildman–Crippen MR) is 135 cm³/mol. The number of piperazine rings is 1. The van der Waals surface area contributed by atoms with E-state index in [0.29, 0.717) is 0 Å². The third-order valence-corrected chi connectivity index (χ3v) is 6.52. The summed E-state index contributed by atoms with van der Waals surface area (Å²) in [6, 6.07) is 24.8. The van der Waals surface area contributed by atoms with Crippen molar-refractivity contribution in [1.82, 2.24) is 24.9 Å². The SMILES string of the molecule is COc1ccc(-n2cc(CN3CCN(c4nc5ccccc5c5ccccc45)CC3)nn2)cc1. The quantitative estimate of drug-likeness (QED) is 0.372. The monoisotopic (exact) mass is 450 g/mol. The van der Waals surface area contributed by atoms with Crippen molar-refractivity contribution in [2.24, 2.45) is 0 Å². The van der Waals surface area contributed by atoms with Crippen LogP contribution in [0.5, 0.6) is 5.75 Å². The average molecular weight is 451 g/mol. The number of fused-ring (bicyclic) bond motifs is 3. The van der Waals surface area contributed by atoms with Crippen LogP contribution in [-0.2, 0) is 6.54 Å². The largest absolute Gasteiger partial charge is 0.497 e. The molecule has 170 valence electrons. The minimum absolute atomic E-state index is 0.788. The molecule has 7 heteroatoms. The maximum Gasteiger partial charge on any atom is 0.137 e. The van der Waals surface area contributed by atoms with Crippen molar-refractivity contribution < 1.29 is 4.74 Å². The van der Waals surface area contributed by atoms with Crippen LogP contribution >= 0.6 is 0 Å². The number of benzene rings is 3. The van der Waals surface area contributed by atoms with Crippen LogP contribution in [0.4, 0.5) is 5.82 Å². The van der Waals surface area contributed by atoms with Gasteiger partial charge in [-0.2, -0.15) is 0 Å². The zero-order valence-electron chi connectivity index (χ0n) is 19.1. The van der Waals surface area contributed by atoms with E-state index in [2.05, 4.69) is 68.6 Å². The summed E-state index contributed by atoms with van der Waals surface area (Å²) in [5.74, 6) is 1.91. The first-order valence-corrected chi connectivity index (χ1v) is 11.6. The zero-order valence-corrected chi connectivity index (χ0v) is 19.1. The predicted octanol–water partition coefficient (Wildman–Crippen LogP) is 4.30. The zero-order chi connectivity index (χ0) is 22.9. The lowest BCUT2D eigenvalue weighted by atomic mass is 10.1. The van der Waals surface area contributed by atoms with Crippen LogP contribution in [-0.4, -0.2) is 58.2 Å². The Bertz CT molecular complexity index is 1440. The first-order valence-electron chi connectivity index (χ1n) is 11.6. The number of rotatable bonds is 5. The van der Waals surface area contributed by atoms with Crippen molar-refractivity contribution in [1.29, 1.82) is 0 Å². The van der Waals surface area contributed by atoms with Crippen LogP contribution in [0.2, 0.25) is 0 Å². The summed E-state index contributed by atoms with van der Waals surface area (Å²) in [7, 11) is 1.67. The Kier molecular flexibility index (Phi) is 5.31. The molecule has 0 aliphatic carbocycles. The van der Waals surface area contributed by atoms with Gasteiger partial charge in [-0.15, -0.1) is 5.10 Å². The normalized spacial score (nSPS) is 14.7. The minimum Gasteiger partial charge on any atom is -0.497 e. The fourth-order valence-electron chi connectivity index (χ4n) is 4.71. The maximum absolute atomic E-state index is 5.24. The summed E-state index contributed by atoms with van der Waals surface area (Å²) in [6.07, 6.45) is 2.01. The van der Waals surface area contributed by atoms with Crippen LogP contribution in [0.15, 0.2) is 79.0 Å². The fraction of sp³-hybridized carbons (Fsp3) is 0.222. The molecule has 34 heavy (non-hydrogen) atoms. The molecule has 0 atom stereocenters. The molecule has 0 radical (unpaired) electrons. The number of ether oxygens (including phenoxy) is 1. The van der Waals surface area contributed by atoms with Gasteiger partial charge in [-0.25, -0.2) is 9.67 Å². The molecule has 0 spiro atoms. The van der Waals surface area contributed by atoms with Gasteiger partial charge in [-0.3, -0.25) is 4.90 Å². The lowest BCUT2D eigenvalue weighted by Gasteiger charge is -2.35. The first-order chi connectivity index (χ1) is 16.8. The molecule has 0 N–H and O–H groups in total. The molecule has 7 nitrogen and oxygen atoms in total. The van der Waals surface area contributed by atoms with E-state index in [1.165, 1.54) is 16.2 Å². The second-order valence-electron chi connectivity index (χ2n) is 8.61. The number of para-hydroxylation sites is 1. The molecule has 0 amide bonds. The van der Waals surface area contributed by atoms with Gasteiger partial charge >= 0.3 is 0 Å². The number of methoxy groups -OCH3 is 1. The molecule has 0 unspecified atom stereocenters. The topological polar surface area (TPSA) is 59.3 Å². The number of nitrogens with zero attached hydrogens (tertiary/aromatic N) is 6. The van der Waals surface area contributed by atoms with Gasteiger partial charge in [-0.1, -0.05) is 47.7 Å². The van der Waals surface area contributed by atoms with Gasteiger partial charge in [0, 0.05) is 43.5 Å². The van der Waals surface area contributed by atoms with E-state index in [9.17, 15) is 0 Å². The van der Waals surface area contributed by atoms with E-state index in [0.717, 1.165) is 61.2 Å². The Balaban J connectivity index is 1.17. The third kappa shape index (κ3) is 3.84. The summed E-state index contributed by atoms with van der Waals surface area (Å²) in [6.45, 7) is 4.57. The molecule has 6 rings (SSSR count). The summed E-state index contributed by atoms with van der Waals surface area (Å²) >= 11 is 0. The van der Waals surface area contributed by atoms with Gasteiger partial charge in [0.1, 0.15) is 11.6 Å². The van der Waals surface area contributed by atoms with Crippen LogP contribution in [0.25, 0.3) is 27.4 Å². The smallest absolute Gasteiger partial charge is 0.137 e. The van der Waals surface area contributed by atoms with Crippen molar-refractivity contribution >= 4 is 27.5 Å². The molecule has 1 aliphatic rings. The lowest BCUT2D eigenvalue weighted by molar-refractivity contribution is 0.246. The molecule has 2 aromatic heterocycles. The average Bonchev–Trinajstić information content (AvgIpc) is 3.37. The summed E-state index contributed by atoms with van der Waals surface area (Å²) < 4.78 is 7.05. The maximum atomic E-state index is 5.24. The summed E-state index contributed by atoms with van der Waals surface area (Å²) in [5.41, 5.74) is 2.99. The highest BCUT2D eigenvalue weighted by Crippen LogP contribution is 2.31. The van der Waals surface area contributed by atoms with E-state index in [1.807, 2.05) is 35.1 Å². The Morgan fingerprint density at radius 1 is 0.794 bits per heavy atom. The Hall–Kier alpha value is -3.97. The van der Waals surface area contributed by atoms with Crippen molar-refractivity contribution in [3.63, 3.8) is 0 Å². The standard InChI is InChI=1S/C27H26N6O/c1-34-22-12-10-21(11-13-22)33-19-20(29-30-33)18-31-14-16-32(17-15-31)27-25-8-3-2-6-23(25)24-7-4-5-9-26(24)28-27/h2-13,19H,14-18H2,1H3. The van der Waals surface area contributed by atoms with Crippen LogP contribution in [0.3, 0.4) is 0 Å². The third-order valence-electron chi connectivity index (χ3n) is 6.52. The molecule has 3 heterocycles. The van der Waals surface area contributed by atoms with E-state index in [1.54, 1.807) is 7.11 Å². The highest BCUT2D eigenvalue weighted by molar-refractivity contribution is 6.10. The van der Waals surface area contributed by atoms with Crippen LogP contribution in [0.1, 0.15) is 5.69 Å². The first kappa shape index (κ1) is 20.6. The number of aromatic nitrogens is 4. The molecule has 0 saturated carbocycles. The van der Waals surface area contributed by atoms with Gasteiger partial charge in [0.25, 0.3) is 0 Å². The van der Waals surface area contributed by atoms with Crippen molar-refractivity contribution in [2.75, 3.05) is 38.2 Å². The number of pyridine rings is 1. The highest BCUT2D eigenvalue weighted by Gasteiger charge is 2.21. The highest BCUT2D eigenvalue weighted by atomic mass is 16.5. The molecule has 5 aromatic rings. The molecule has 1 saturated heterocycles. The lowest BCUT2D eigenvalue weighted by Crippen LogP contribution is -2.46. The van der Waals surface area contributed by atoms with E-state index in [4.69, 9.17) is 9.72 Å². The van der Waals surface area contributed by atoms with Gasteiger partial charge in [0.05, 0.1) is 30.2 Å². The second kappa shape index (κ2) is 8.76. The van der Waals surface area contributed by atoms with Crippen LogP contribution in [0, 0.1) is 0 Å². The fourth-order valence-corrected chi connectivity index (χ4v) is 4.71. The van der Waals surface area contributed by atoms with Gasteiger partial charge in [-0.05, 0) is 35.7 Å². The van der Waals surface area contributed by atoms with Crippen molar-refractivity contribution in [3.05, 3.63) is 84.7 Å². The number of anilines is 1. The molecule has 0 bridgehead atoms. The molecular weight excluding hydrogens is 424 g/mol. The molecule has 1 aliphatic heterocycles. The van der Waals surface area contributed by atoms with Crippen molar-refractivity contribution in [3.8, 4) is 11.4 Å². The second-order valence-corrected chi connectivity index (χ2v) is 8.61. The Morgan fingerprint density at radius 2 is 1.50 bits per heavy atom. The Labute approximate surface area is 198 Å². The van der Waals surface area contributed by atoms with E-state index < -0.39 is 0 Å². The summed E-state index contributed by atoms with van der Waals surface area (Å²) in [4.78, 5) is 9.91. The van der Waals surface area contributed by atoms with Gasteiger partial charge in [0.2, 0.25) is 0 Å². The minimum atomic E-state index is 0.788. The molecule has 3 aromatic carbocycles. The van der Waals surface area contributed by atoms with E-state index in [-0.39, 0.29) is 0 Å². The molecular formula is C27H26N6O. The Morgan fingerprint density at radius 3 is 2.26 bits per heavy atom. The number of hydrogen-bond acceptors (Lipinski definition) is 6. The van der Waals surface area contributed by atoms with Crippen molar-refractivity contribution in [2.45, 2.75) is 6.54 Å².